The Balaban J connectivity index is 2.11. The number of methoxy groups -OCH3 is 2. The number of carbonyl (C=O) groups is 4. The minimum Gasteiger partial charge on any atom is -0.465 e. The van der Waals surface area contributed by atoms with Crippen molar-refractivity contribution in [2.45, 2.75) is 0 Å². The third-order valence-electron chi connectivity index (χ3n) is 3.54. The maximum atomic E-state index is 12.1. The van der Waals surface area contributed by atoms with Crippen molar-refractivity contribution in [1.82, 2.24) is 0 Å². The Morgan fingerprint density at radius 1 is 0.862 bits per heavy atom. The second kappa shape index (κ2) is 9.90. The number of benzene rings is 2. The summed E-state index contributed by atoms with van der Waals surface area (Å²) in [6, 6.07) is 8.09. The van der Waals surface area contributed by atoms with Crippen LogP contribution >= 0.6 is 23.2 Å². The molecule has 0 bridgehead atoms. The fourth-order valence-corrected chi connectivity index (χ4v) is 2.60. The van der Waals surface area contributed by atoms with Crippen molar-refractivity contribution in [3.05, 3.63) is 63.1 Å². The van der Waals surface area contributed by atoms with E-state index in [1.165, 1.54) is 50.6 Å². The van der Waals surface area contributed by atoms with Gasteiger partial charge in [0.25, 0.3) is 5.91 Å². The number of hydrogen-bond acceptors (Lipinski definition) is 7. The average molecular weight is 440 g/mol. The SMILES string of the molecule is COC(=O)c1cc(NC(=O)COC(=O)c2cc(Cl)ccc2Cl)cc(C(=O)OC)c1. The summed E-state index contributed by atoms with van der Waals surface area (Å²) in [6.45, 7) is -0.641. The van der Waals surface area contributed by atoms with Gasteiger partial charge in [0.05, 0.1) is 35.9 Å². The summed E-state index contributed by atoms with van der Waals surface area (Å²) in [5.74, 6) is -2.98. The van der Waals surface area contributed by atoms with Crippen molar-refractivity contribution >= 4 is 52.7 Å². The summed E-state index contributed by atoms with van der Waals surface area (Å²) in [5.41, 5.74) is 0.157. The van der Waals surface area contributed by atoms with Gasteiger partial charge in [-0.25, -0.2) is 14.4 Å². The average Bonchev–Trinajstić information content (AvgIpc) is 2.72. The van der Waals surface area contributed by atoms with Crippen LogP contribution in [-0.2, 0) is 19.0 Å². The van der Waals surface area contributed by atoms with Crippen molar-refractivity contribution in [3.63, 3.8) is 0 Å². The predicted octanol–water partition coefficient (Wildman–Crippen LogP) is 3.36. The molecule has 0 atom stereocenters. The highest BCUT2D eigenvalue weighted by Crippen LogP contribution is 2.21. The minimum atomic E-state index is -0.841. The van der Waals surface area contributed by atoms with E-state index in [-0.39, 0.29) is 32.4 Å². The van der Waals surface area contributed by atoms with Gasteiger partial charge < -0.3 is 19.5 Å². The van der Waals surface area contributed by atoms with Gasteiger partial charge in [0.1, 0.15) is 0 Å². The van der Waals surface area contributed by atoms with Gasteiger partial charge >= 0.3 is 17.9 Å². The van der Waals surface area contributed by atoms with Crippen molar-refractivity contribution in [1.29, 1.82) is 0 Å². The van der Waals surface area contributed by atoms with Gasteiger partial charge in [0, 0.05) is 10.7 Å². The zero-order chi connectivity index (χ0) is 21.6. The lowest BCUT2D eigenvalue weighted by Crippen LogP contribution is -2.21. The Morgan fingerprint density at radius 2 is 1.45 bits per heavy atom. The zero-order valence-electron chi connectivity index (χ0n) is 15.3. The number of ether oxygens (including phenoxy) is 3. The van der Waals surface area contributed by atoms with Crippen LogP contribution in [0.2, 0.25) is 10.0 Å². The van der Waals surface area contributed by atoms with Crippen LogP contribution in [-0.4, -0.2) is 44.6 Å². The molecule has 10 heteroatoms. The van der Waals surface area contributed by atoms with E-state index >= 15 is 0 Å². The molecule has 2 rings (SSSR count). The Hall–Kier alpha value is -3.10. The molecule has 0 fully saturated rings. The number of esters is 3. The van der Waals surface area contributed by atoms with Crippen molar-refractivity contribution in [2.24, 2.45) is 0 Å². The van der Waals surface area contributed by atoms with E-state index in [0.29, 0.717) is 0 Å². The number of halogens is 2. The summed E-state index contributed by atoms with van der Waals surface area (Å²) in [4.78, 5) is 47.7. The molecule has 0 aliphatic rings. The van der Waals surface area contributed by atoms with E-state index in [1.54, 1.807) is 0 Å². The van der Waals surface area contributed by atoms with Crippen LogP contribution in [0.1, 0.15) is 31.1 Å². The molecule has 0 saturated heterocycles. The molecule has 1 N–H and O–H groups in total. The molecule has 0 saturated carbocycles. The fourth-order valence-electron chi connectivity index (χ4n) is 2.23. The molecule has 0 aliphatic heterocycles. The quantitative estimate of drug-likeness (QED) is 0.542. The second-order valence-electron chi connectivity index (χ2n) is 5.53. The molecule has 0 spiro atoms. The molecule has 2 aromatic rings. The van der Waals surface area contributed by atoms with Crippen LogP contribution in [0.25, 0.3) is 0 Å². The Kier molecular flexibility index (Phi) is 7.58. The largest absolute Gasteiger partial charge is 0.465 e. The second-order valence-corrected chi connectivity index (χ2v) is 6.37. The number of anilines is 1. The van der Waals surface area contributed by atoms with E-state index in [1.807, 2.05) is 0 Å². The smallest absolute Gasteiger partial charge is 0.340 e. The molecule has 0 aliphatic carbocycles. The molecule has 0 unspecified atom stereocenters. The van der Waals surface area contributed by atoms with Gasteiger partial charge in [-0.1, -0.05) is 23.2 Å². The van der Waals surface area contributed by atoms with Crippen LogP contribution < -0.4 is 5.32 Å². The molecule has 152 valence electrons. The van der Waals surface area contributed by atoms with Crippen LogP contribution in [0.5, 0.6) is 0 Å². The molecular weight excluding hydrogens is 425 g/mol. The third kappa shape index (κ3) is 5.94. The predicted molar refractivity (Wildman–Crippen MR) is 104 cm³/mol. The van der Waals surface area contributed by atoms with Gasteiger partial charge in [-0.3, -0.25) is 4.79 Å². The van der Waals surface area contributed by atoms with E-state index < -0.39 is 30.4 Å². The van der Waals surface area contributed by atoms with Crippen LogP contribution in [0.15, 0.2) is 36.4 Å². The Bertz CT molecular complexity index is 941. The monoisotopic (exact) mass is 439 g/mol. The van der Waals surface area contributed by atoms with Crippen LogP contribution in [0.4, 0.5) is 5.69 Å². The lowest BCUT2D eigenvalue weighted by atomic mass is 10.1. The van der Waals surface area contributed by atoms with Crippen LogP contribution in [0, 0.1) is 0 Å². The van der Waals surface area contributed by atoms with E-state index in [4.69, 9.17) is 27.9 Å². The Labute approximate surface area is 175 Å². The number of nitrogens with one attached hydrogen (secondary N) is 1. The molecule has 8 nitrogen and oxygen atoms in total. The van der Waals surface area contributed by atoms with Crippen molar-refractivity contribution in [3.8, 4) is 0 Å². The van der Waals surface area contributed by atoms with E-state index in [0.717, 1.165) is 0 Å². The highest BCUT2D eigenvalue weighted by molar-refractivity contribution is 6.35. The number of rotatable bonds is 6. The summed E-state index contributed by atoms with van der Waals surface area (Å²) in [5, 5.41) is 2.82. The molecular formula is C19H15Cl2NO7. The molecule has 0 radical (unpaired) electrons. The highest BCUT2D eigenvalue weighted by atomic mass is 35.5. The van der Waals surface area contributed by atoms with Crippen molar-refractivity contribution < 1.29 is 33.4 Å². The first-order valence-corrected chi connectivity index (χ1v) is 8.74. The summed E-state index contributed by atoms with van der Waals surface area (Å²) >= 11 is 11.7. The van der Waals surface area contributed by atoms with Gasteiger partial charge in [0.2, 0.25) is 0 Å². The first-order chi connectivity index (χ1) is 13.7. The topological polar surface area (TPSA) is 108 Å². The lowest BCUT2D eigenvalue weighted by Gasteiger charge is -2.10. The molecule has 0 aromatic heterocycles. The lowest BCUT2D eigenvalue weighted by molar-refractivity contribution is -0.119. The maximum Gasteiger partial charge on any atom is 0.340 e. The fraction of sp³-hybridized carbons (Fsp3) is 0.158. The van der Waals surface area contributed by atoms with Gasteiger partial charge in [-0.2, -0.15) is 0 Å². The van der Waals surface area contributed by atoms with E-state index in [9.17, 15) is 19.2 Å². The standard InChI is InChI=1S/C19H15Cl2NO7/c1-27-17(24)10-5-11(18(25)28-2)7-13(6-10)22-16(23)9-29-19(26)14-8-12(20)3-4-15(14)21/h3-8H,9H2,1-2H3,(H,22,23). The molecule has 2 aromatic carbocycles. The summed E-state index contributed by atoms with van der Waals surface area (Å²) in [6.07, 6.45) is 0. The van der Waals surface area contributed by atoms with Gasteiger partial charge in [0.15, 0.2) is 6.61 Å². The number of carbonyl (C=O) groups excluding carboxylic acids is 4. The van der Waals surface area contributed by atoms with Gasteiger partial charge in [-0.05, 0) is 36.4 Å². The summed E-state index contributed by atoms with van der Waals surface area (Å²) < 4.78 is 14.2. The first kappa shape index (κ1) is 22.2. The molecule has 1 amide bonds. The summed E-state index contributed by atoms with van der Waals surface area (Å²) in [7, 11) is 2.34. The first-order valence-electron chi connectivity index (χ1n) is 7.99. The third-order valence-corrected chi connectivity index (χ3v) is 4.11. The zero-order valence-corrected chi connectivity index (χ0v) is 16.8. The highest BCUT2D eigenvalue weighted by Gasteiger charge is 2.17. The molecule has 0 heterocycles. The maximum absolute atomic E-state index is 12.1. The van der Waals surface area contributed by atoms with Crippen LogP contribution in [0.3, 0.4) is 0 Å². The van der Waals surface area contributed by atoms with Gasteiger partial charge in [-0.15, -0.1) is 0 Å². The molecule has 29 heavy (non-hydrogen) atoms. The van der Waals surface area contributed by atoms with E-state index in [2.05, 4.69) is 14.8 Å². The minimum absolute atomic E-state index is 0.00707. The van der Waals surface area contributed by atoms with Crippen molar-refractivity contribution in [2.75, 3.05) is 26.1 Å². The number of amides is 1. The normalized spacial score (nSPS) is 10.1. The number of hydrogen-bond donors (Lipinski definition) is 1. The Morgan fingerprint density at radius 3 is 2.00 bits per heavy atom.